The van der Waals surface area contributed by atoms with Gasteiger partial charge in [-0.05, 0) is 37.0 Å². The molecule has 0 spiro atoms. The van der Waals surface area contributed by atoms with Crippen LogP contribution in [0.15, 0.2) is 24.3 Å². The molecule has 8 nitrogen and oxygen atoms in total. The molecule has 0 radical (unpaired) electrons. The second kappa shape index (κ2) is 10.2. The Labute approximate surface area is 147 Å². The van der Waals surface area contributed by atoms with E-state index in [4.69, 9.17) is 16.9 Å². The zero-order valence-electron chi connectivity index (χ0n) is 14.4. The van der Waals surface area contributed by atoms with Gasteiger partial charge in [-0.2, -0.15) is 0 Å². The van der Waals surface area contributed by atoms with Gasteiger partial charge in [0.05, 0.1) is 0 Å². The maximum absolute atomic E-state index is 12.4. The first-order valence-corrected chi connectivity index (χ1v) is 8.29. The SMILES string of the molecule is CC[C@@H](CCCNC(=N)N)C(=O)N[C@@H](Cc1ccc(O)cc1)C(N)=O. The van der Waals surface area contributed by atoms with E-state index in [-0.39, 0.29) is 30.0 Å². The van der Waals surface area contributed by atoms with Crippen LogP contribution in [0.1, 0.15) is 31.7 Å². The minimum Gasteiger partial charge on any atom is -0.508 e. The summed E-state index contributed by atoms with van der Waals surface area (Å²) in [6.07, 6.45) is 2.21. The summed E-state index contributed by atoms with van der Waals surface area (Å²) >= 11 is 0. The van der Waals surface area contributed by atoms with Crippen LogP contribution in [0.3, 0.4) is 0 Å². The summed E-state index contributed by atoms with van der Waals surface area (Å²) < 4.78 is 0. The number of carbonyl (C=O) groups excluding carboxylic acids is 2. The van der Waals surface area contributed by atoms with Crippen molar-refractivity contribution in [3.63, 3.8) is 0 Å². The van der Waals surface area contributed by atoms with Gasteiger partial charge in [0.1, 0.15) is 11.8 Å². The zero-order chi connectivity index (χ0) is 18.8. The third-order valence-corrected chi connectivity index (χ3v) is 3.94. The van der Waals surface area contributed by atoms with Crippen molar-refractivity contribution in [1.82, 2.24) is 10.6 Å². The van der Waals surface area contributed by atoms with Crippen molar-refractivity contribution in [2.75, 3.05) is 6.54 Å². The highest BCUT2D eigenvalue weighted by atomic mass is 16.3. The van der Waals surface area contributed by atoms with Crippen LogP contribution in [0.4, 0.5) is 0 Å². The number of hydrogen-bond donors (Lipinski definition) is 6. The molecule has 1 aromatic rings. The molecule has 0 fully saturated rings. The van der Waals surface area contributed by atoms with Crippen LogP contribution in [0.25, 0.3) is 0 Å². The fraction of sp³-hybridized carbons (Fsp3) is 0.471. The number of hydrogen-bond acceptors (Lipinski definition) is 4. The number of rotatable bonds is 10. The Hall–Kier alpha value is -2.77. The quantitative estimate of drug-likeness (QED) is 0.202. The molecule has 0 saturated heterocycles. The molecule has 2 atom stereocenters. The Kier molecular flexibility index (Phi) is 8.25. The van der Waals surface area contributed by atoms with Crippen LogP contribution in [-0.4, -0.2) is 35.5 Å². The third kappa shape index (κ3) is 7.56. The standard InChI is InChI=1S/C17H27N5O3/c1-2-12(4-3-9-21-17(19)20)16(25)22-14(15(18)24)10-11-5-7-13(23)8-6-11/h5-8,12,14,23H,2-4,9-10H2,1H3,(H2,18,24)(H,22,25)(H4,19,20,21)/t12-,14-/m0/s1. The van der Waals surface area contributed by atoms with Crippen LogP contribution in [0.5, 0.6) is 5.75 Å². The van der Waals surface area contributed by atoms with E-state index in [2.05, 4.69) is 10.6 Å². The lowest BCUT2D eigenvalue weighted by atomic mass is 9.97. The average Bonchev–Trinajstić information content (AvgIpc) is 2.55. The largest absolute Gasteiger partial charge is 0.508 e. The third-order valence-electron chi connectivity index (χ3n) is 3.94. The smallest absolute Gasteiger partial charge is 0.240 e. The predicted octanol–water partition coefficient (Wildman–Crippen LogP) is 0.194. The normalized spacial score (nSPS) is 12.8. The number of phenolic OH excluding ortho intramolecular Hbond substituents is 1. The first-order chi connectivity index (χ1) is 11.8. The highest BCUT2D eigenvalue weighted by Gasteiger charge is 2.23. The molecule has 0 unspecified atom stereocenters. The molecular formula is C17H27N5O3. The first-order valence-electron chi connectivity index (χ1n) is 8.29. The fourth-order valence-electron chi connectivity index (χ4n) is 2.47. The molecule has 138 valence electrons. The minimum atomic E-state index is -0.804. The summed E-state index contributed by atoms with van der Waals surface area (Å²) in [4.78, 5) is 24.1. The van der Waals surface area contributed by atoms with E-state index in [0.29, 0.717) is 25.8 Å². The lowest BCUT2D eigenvalue weighted by Gasteiger charge is -2.20. The summed E-state index contributed by atoms with van der Waals surface area (Å²) in [6, 6.07) is 5.60. The number of phenols is 1. The van der Waals surface area contributed by atoms with Crippen molar-refractivity contribution >= 4 is 17.8 Å². The number of amides is 2. The molecule has 0 saturated carbocycles. The van der Waals surface area contributed by atoms with Crippen LogP contribution < -0.4 is 22.1 Å². The number of carbonyl (C=O) groups is 2. The average molecular weight is 349 g/mol. The zero-order valence-corrected chi connectivity index (χ0v) is 14.4. The minimum absolute atomic E-state index is 0.0970. The van der Waals surface area contributed by atoms with Gasteiger partial charge in [-0.25, -0.2) is 0 Å². The lowest BCUT2D eigenvalue weighted by Crippen LogP contribution is -2.47. The van der Waals surface area contributed by atoms with Gasteiger partial charge in [0.15, 0.2) is 5.96 Å². The van der Waals surface area contributed by atoms with Gasteiger partial charge in [-0.15, -0.1) is 0 Å². The Morgan fingerprint density at radius 1 is 1.24 bits per heavy atom. The van der Waals surface area contributed by atoms with Gasteiger partial charge in [0, 0.05) is 18.9 Å². The molecule has 8 heteroatoms. The van der Waals surface area contributed by atoms with Crippen molar-refractivity contribution in [1.29, 1.82) is 5.41 Å². The number of nitrogens with two attached hydrogens (primary N) is 2. The van der Waals surface area contributed by atoms with E-state index in [1.807, 2.05) is 6.92 Å². The summed E-state index contributed by atoms with van der Waals surface area (Å²) in [6.45, 7) is 2.42. The number of nitrogens with one attached hydrogen (secondary N) is 3. The Morgan fingerprint density at radius 2 is 1.88 bits per heavy atom. The van der Waals surface area contributed by atoms with Crippen LogP contribution in [0.2, 0.25) is 0 Å². The van der Waals surface area contributed by atoms with E-state index >= 15 is 0 Å². The summed E-state index contributed by atoms with van der Waals surface area (Å²) in [5.74, 6) is -1.02. The number of aromatic hydroxyl groups is 1. The topological polar surface area (TPSA) is 154 Å². The van der Waals surface area contributed by atoms with Gasteiger partial charge in [0.25, 0.3) is 0 Å². The van der Waals surface area contributed by atoms with Gasteiger partial charge in [0.2, 0.25) is 11.8 Å². The molecule has 8 N–H and O–H groups in total. The molecule has 0 aliphatic rings. The van der Waals surface area contributed by atoms with Crippen molar-refractivity contribution < 1.29 is 14.7 Å². The fourth-order valence-corrected chi connectivity index (χ4v) is 2.47. The number of benzene rings is 1. The molecule has 0 aliphatic heterocycles. The maximum atomic E-state index is 12.4. The van der Waals surface area contributed by atoms with Crippen molar-refractivity contribution in [2.24, 2.45) is 17.4 Å². The molecule has 2 amide bonds. The Bertz CT molecular complexity index is 588. The number of primary amides is 1. The van der Waals surface area contributed by atoms with Crippen molar-refractivity contribution in [3.05, 3.63) is 29.8 Å². The lowest BCUT2D eigenvalue weighted by molar-refractivity contribution is -0.130. The Morgan fingerprint density at radius 3 is 2.40 bits per heavy atom. The van der Waals surface area contributed by atoms with E-state index in [1.165, 1.54) is 12.1 Å². The van der Waals surface area contributed by atoms with Crippen molar-refractivity contribution in [2.45, 2.75) is 38.6 Å². The number of guanidine groups is 1. The van der Waals surface area contributed by atoms with Crippen molar-refractivity contribution in [3.8, 4) is 5.75 Å². The second-order valence-corrected chi connectivity index (χ2v) is 5.92. The van der Waals surface area contributed by atoms with E-state index in [0.717, 1.165) is 5.56 Å². The van der Waals surface area contributed by atoms with Crippen LogP contribution >= 0.6 is 0 Å². The molecule has 0 aromatic heterocycles. The molecule has 0 heterocycles. The molecule has 0 bridgehead atoms. The van der Waals surface area contributed by atoms with E-state index in [1.54, 1.807) is 12.1 Å². The van der Waals surface area contributed by atoms with Gasteiger partial charge in [-0.1, -0.05) is 19.1 Å². The highest BCUT2D eigenvalue weighted by Crippen LogP contribution is 2.14. The summed E-state index contributed by atoms with van der Waals surface area (Å²) in [5, 5.41) is 21.8. The molecular weight excluding hydrogens is 322 g/mol. The van der Waals surface area contributed by atoms with Gasteiger partial charge >= 0.3 is 0 Å². The maximum Gasteiger partial charge on any atom is 0.240 e. The van der Waals surface area contributed by atoms with Gasteiger partial charge < -0.3 is 27.2 Å². The first kappa shape index (κ1) is 20.3. The summed E-state index contributed by atoms with van der Waals surface area (Å²) in [7, 11) is 0. The second-order valence-electron chi connectivity index (χ2n) is 5.92. The predicted molar refractivity (Wildman–Crippen MR) is 95.9 cm³/mol. The monoisotopic (exact) mass is 349 g/mol. The molecule has 25 heavy (non-hydrogen) atoms. The molecule has 1 rings (SSSR count). The van der Waals surface area contributed by atoms with E-state index < -0.39 is 11.9 Å². The van der Waals surface area contributed by atoms with Crippen LogP contribution in [0, 0.1) is 11.3 Å². The summed E-state index contributed by atoms with van der Waals surface area (Å²) in [5.41, 5.74) is 11.4. The Balaban J connectivity index is 2.59. The molecule has 1 aromatic carbocycles. The molecule has 0 aliphatic carbocycles. The van der Waals surface area contributed by atoms with Gasteiger partial charge in [-0.3, -0.25) is 15.0 Å². The van der Waals surface area contributed by atoms with Crippen LogP contribution in [-0.2, 0) is 16.0 Å². The van der Waals surface area contributed by atoms with E-state index in [9.17, 15) is 14.7 Å². The highest BCUT2D eigenvalue weighted by molar-refractivity contribution is 5.87.